The second kappa shape index (κ2) is 4.06. The van der Waals surface area contributed by atoms with Gasteiger partial charge in [-0.05, 0) is 0 Å². The summed E-state index contributed by atoms with van der Waals surface area (Å²) in [5.74, 6) is 0.423. The number of hydrogen-bond donors (Lipinski definition) is 2. The number of carbonyl (C=O) groups is 1. The van der Waals surface area contributed by atoms with Crippen LogP contribution in [0.4, 0.5) is 4.79 Å². The molecule has 0 bridgehead atoms. The Balaban J connectivity index is 3.50. The molecule has 60 valence electrons. The molecule has 0 unspecified atom stereocenters. The molecule has 4 heteroatoms. The maximum atomic E-state index is 10.2. The van der Waals surface area contributed by atoms with Gasteiger partial charge >= 0.3 is 61.3 Å². The fraction of sp³-hybridized carbons (Fsp3) is 0.800. The Bertz CT molecular complexity index is 105. The molecule has 0 aliphatic carbocycles. The molecule has 0 atom stereocenters. The zero-order valence-electron chi connectivity index (χ0n) is 5.52. The average Bonchev–Trinajstić information content (AvgIpc) is 1.63. The molecule has 0 rings (SSSR count). The monoisotopic (exact) mass is 315 g/mol. The summed E-state index contributed by atoms with van der Waals surface area (Å²) in [6.45, 7) is 3.97. The Morgan fingerprint density at radius 2 is 2.22 bits per heavy atom. The minimum atomic E-state index is -2.00. The van der Waals surface area contributed by atoms with Gasteiger partial charge in [-0.25, -0.2) is 0 Å². The SMILES string of the molecule is CC(C)[CH2][Au]([NH2])[C](=O)O. The molecular weight excluding hydrogens is 303 g/mol. The molecule has 0 radical (unpaired) electrons. The number of carboxylic acid groups (broad SMARTS) is 1. The molecule has 0 heterocycles. The van der Waals surface area contributed by atoms with Crippen LogP contribution in [0.25, 0.3) is 0 Å². The van der Waals surface area contributed by atoms with Crippen molar-refractivity contribution in [2.45, 2.75) is 18.5 Å². The zero-order valence-corrected chi connectivity index (χ0v) is 7.69. The maximum absolute atomic E-state index is 10.2. The van der Waals surface area contributed by atoms with Gasteiger partial charge in [-0.15, -0.1) is 0 Å². The first-order valence-electron chi connectivity index (χ1n) is 2.53. The van der Waals surface area contributed by atoms with Crippen LogP contribution < -0.4 is 4.14 Å². The molecule has 9 heavy (non-hydrogen) atoms. The summed E-state index contributed by atoms with van der Waals surface area (Å²) in [6.07, 6.45) is 0. The van der Waals surface area contributed by atoms with Crippen molar-refractivity contribution in [2.75, 3.05) is 0 Å². The number of rotatable bonds is 3. The summed E-state index contributed by atoms with van der Waals surface area (Å²) in [7, 11) is 0. The van der Waals surface area contributed by atoms with Crippen LogP contribution in [0.15, 0.2) is 0 Å². The summed E-state index contributed by atoms with van der Waals surface area (Å²) in [5.41, 5.74) is 0. The van der Waals surface area contributed by atoms with Crippen LogP contribution in [-0.2, 0) is 18.7 Å². The number of hydrogen-bond acceptors (Lipinski definition) is 2. The predicted molar refractivity (Wildman–Crippen MR) is 31.9 cm³/mol. The Hall–Kier alpha value is 0.170. The first-order chi connectivity index (χ1) is 4.04. The van der Waals surface area contributed by atoms with Gasteiger partial charge in [-0.3, -0.25) is 0 Å². The molecule has 0 aliphatic rings. The van der Waals surface area contributed by atoms with E-state index in [4.69, 9.17) is 9.24 Å². The first kappa shape index (κ1) is 9.17. The van der Waals surface area contributed by atoms with E-state index in [1.807, 2.05) is 13.8 Å². The average molecular weight is 315 g/mol. The third-order valence-electron chi connectivity index (χ3n) is 0.544. The van der Waals surface area contributed by atoms with Crippen LogP contribution in [0.2, 0.25) is 4.64 Å². The van der Waals surface area contributed by atoms with Crippen molar-refractivity contribution in [2.24, 2.45) is 10.1 Å². The van der Waals surface area contributed by atoms with Crippen molar-refractivity contribution in [3.8, 4) is 0 Å². The third kappa shape index (κ3) is 4.66. The van der Waals surface area contributed by atoms with Gasteiger partial charge in [-0.2, -0.15) is 0 Å². The standard InChI is InChI=1S/C4H9.CHO2.Au.H2N/c1-4(2)3;2-1-3;;/h4H,1H2,2-3H3;(H,2,3);;1H2/q;;+1;-1. The van der Waals surface area contributed by atoms with Gasteiger partial charge in [0.25, 0.3) is 0 Å². The van der Waals surface area contributed by atoms with E-state index in [9.17, 15) is 4.79 Å². The van der Waals surface area contributed by atoms with E-state index in [0.717, 1.165) is 0 Å². The fourth-order valence-corrected chi connectivity index (χ4v) is 2.60. The summed E-state index contributed by atoms with van der Waals surface area (Å²) < 4.78 is 5.30. The van der Waals surface area contributed by atoms with Crippen LogP contribution in [0, 0.1) is 5.92 Å². The van der Waals surface area contributed by atoms with Crippen molar-refractivity contribution in [3.63, 3.8) is 0 Å². The fourth-order valence-electron chi connectivity index (χ4n) is 0.318. The molecular formula is C5H12AuNO2. The third-order valence-corrected chi connectivity index (χ3v) is 4.46. The van der Waals surface area contributed by atoms with E-state index in [2.05, 4.69) is 0 Å². The Morgan fingerprint density at radius 1 is 1.78 bits per heavy atom. The number of nitrogens with two attached hydrogens (primary N) is 1. The van der Waals surface area contributed by atoms with Gasteiger partial charge in [0.1, 0.15) is 0 Å². The van der Waals surface area contributed by atoms with Gasteiger partial charge in [0.15, 0.2) is 0 Å². The van der Waals surface area contributed by atoms with Gasteiger partial charge in [0.05, 0.1) is 0 Å². The normalized spacial score (nSPS) is 11.8. The van der Waals surface area contributed by atoms with Crippen molar-refractivity contribution >= 4 is 4.19 Å². The second-order valence-corrected chi connectivity index (χ2v) is 6.14. The quantitative estimate of drug-likeness (QED) is 0.770. The molecule has 3 N–H and O–H groups in total. The van der Waals surface area contributed by atoms with Crippen molar-refractivity contribution < 1.29 is 28.6 Å². The predicted octanol–water partition coefficient (Wildman–Crippen LogP) is 1.23. The molecule has 0 fully saturated rings. The van der Waals surface area contributed by atoms with E-state index < -0.39 is 22.9 Å². The Morgan fingerprint density at radius 3 is 2.33 bits per heavy atom. The molecule has 0 aromatic rings. The molecule has 0 saturated carbocycles. The summed E-state index contributed by atoms with van der Waals surface area (Å²) in [6, 6.07) is 0. The molecule has 0 amide bonds. The Labute approximate surface area is 61.7 Å². The van der Waals surface area contributed by atoms with Crippen LogP contribution in [-0.4, -0.2) is 9.29 Å². The minimum absolute atomic E-state index is 0.423. The summed E-state index contributed by atoms with van der Waals surface area (Å²) in [5, 5.41) is 8.37. The van der Waals surface area contributed by atoms with Crippen LogP contribution in [0.5, 0.6) is 0 Å². The summed E-state index contributed by atoms with van der Waals surface area (Å²) in [4.78, 5) is 10.2. The van der Waals surface area contributed by atoms with Crippen molar-refractivity contribution in [3.05, 3.63) is 0 Å². The summed E-state index contributed by atoms with van der Waals surface area (Å²) >= 11 is -2.00. The molecule has 0 aliphatic heterocycles. The zero-order chi connectivity index (χ0) is 7.44. The van der Waals surface area contributed by atoms with Crippen LogP contribution in [0.1, 0.15) is 13.8 Å². The molecule has 0 aromatic heterocycles. The van der Waals surface area contributed by atoms with E-state index >= 15 is 0 Å². The Kier molecular flexibility index (Phi) is 4.14. The molecule has 3 nitrogen and oxygen atoms in total. The van der Waals surface area contributed by atoms with E-state index in [1.165, 1.54) is 0 Å². The van der Waals surface area contributed by atoms with E-state index in [1.54, 1.807) is 0 Å². The molecule has 0 saturated heterocycles. The van der Waals surface area contributed by atoms with Gasteiger partial charge < -0.3 is 0 Å². The van der Waals surface area contributed by atoms with Crippen molar-refractivity contribution in [1.82, 2.24) is 0 Å². The van der Waals surface area contributed by atoms with Gasteiger partial charge in [0.2, 0.25) is 0 Å². The van der Waals surface area contributed by atoms with Crippen molar-refractivity contribution in [1.29, 1.82) is 0 Å². The van der Waals surface area contributed by atoms with Crippen LogP contribution >= 0.6 is 0 Å². The van der Waals surface area contributed by atoms with E-state index in [-0.39, 0.29) is 0 Å². The van der Waals surface area contributed by atoms with Crippen LogP contribution in [0.3, 0.4) is 0 Å². The van der Waals surface area contributed by atoms with E-state index in [0.29, 0.717) is 10.6 Å². The molecule has 0 spiro atoms. The molecule has 0 aromatic carbocycles. The topological polar surface area (TPSA) is 63.3 Å². The van der Waals surface area contributed by atoms with Gasteiger partial charge in [-0.1, -0.05) is 0 Å². The second-order valence-electron chi connectivity index (χ2n) is 2.05. The first-order valence-corrected chi connectivity index (χ1v) is 6.39. The van der Waals surface area contributed by atoms with Gasteiger partial charge in [0, 0.05) is 0 Å².